The number of rotatable bonds is 7. The van der Waals surface area contributed by atoms with Gasteiger partial charge in [-0.2, -0.15) is 0 Å². The maximum Gasteiger partial charge on any atom is 0.117 e. The van der Waals surface area contributed by atoms with Crippen LogP contribution in [-0.4, -0.2) is 21.9 Å². The van der Waals surface area contributed by atoms with Gasteiger partial charge >= 0.3 is 0 Å². The highest BCUT2D eigenvalue weighted by Gasteiger charge is 2.07. The van der Waals surface area contributed by atoms with Gasteiger partial charge in [0.15, 0.2) is 0 Å². The van der Waals surface area contributed by atoms with Crippen LogP contribution >= 0.6 is 0 Å². The molecule has 0 bridgehead atoms. The van der Waals surface area contributed by atoms with Crippen molar-refractivity contribution in [2.75, 3.05) is 6.61 Å². The molecule has 4 heteroatoms. The summed E-state index contributed by atoms with van der Waals surface area (Å²) < 4.78 is 2.00. The lowest BCUT2D eigenvalue weighted by atomic mass is 10.0. The molecule has 0 fully saturated rings. The smallest absolute Gasteiger partial charge is 0.117 e. The second-order valence-corrected chi connectivity index (χ2v) is 6.35. The Hall–Kier alpha value is -2.62. The molecule has 0 aliphatic heterocycles. The zero-order chi connectivity index (χ0) is 16.8. The van der Waals surface area contributed by atoms with Crippen LogP contribution in [0.5, 0.6) is 0 Å². The fourth-order valence-electron chi connectivity index (χ4n) is 2.51. The Morgan fingerprint density at radius 2 is 2.00 bits per heavy atom. The van der Waals surface area contributed by atoms with E-state index in [-0.39, 0.29) is 0 Å². The molecule has 0 N–H and O–H groups in total. The van der Waals surface area contributed by atoms with Crippen molar-refractivity contribution in [1.29, 1.82) is 0 Å². The Morgan fingerprint density at radius 1 is 1.17 bits per heavy atom. The number of benzene rings is 2. The van der Waals surface area contributed by atoms with Gasteiger partial charge in [-0.1, -0.05) is 55.4 Å². The van der Waals surface area contributed by atoms with Crippen molar-refractivity contribution < 1.29 is 4.84 Å². The number of imidazole rings is 1. The van der Waals surface area contributed by atoms with Gasteiger partial charge in [0.1, 0.15) is 12.3 Å². The highest BCUT2D eigenvalue weighted by molar-refractivity contribution is 6.03. The molecular formula is C20H23N3O. The Kier molecular flexibility index (Phi) is 5.26. The van der Waals surface area contributed by atoms with Crippen LogP contribution in [0.1, 0.15) is 25.8 Å². The fourth-order valence-corrected chi connectivity index (χ4v) is 2.51. The number of hydrogen-bond donors (Lipinski definition) is 0. The lowest BCUT2D eigenvalue weighted by molar-refractivity contribution is 0.132. The number of hydrogen-bond acceptors (Lipinski definition) is 3. The summed E-state index contributed by atoms with van der Waals surface area (Å²) in [4.78, 5) is 9.68. The lowest BCUT2D eigenvalue weighted by Gasteiger charge is -2.10. The quantitative estimate of drug-likeness (QED) is 0.365. The van der Waals surface area contributed by atoms with E-state index in [2.05, 4.69) is 66.5 Å². The third-order valence-electron chi connectivity index (χ3n) is 3.94. The van der Waals surface area contributed by atoms with E-state index in [0.29, 0.717) is 19.1 Å². The Labute approximate surface area is 142 Å². The Balaban J connectivity index is 1.85. The van der Waals surface area contributed by atoms with E-state index in [0.717, 1.165) is 17.7 Å². The van der Waals surface area contributed by atoms with Crippen LogP contribution in [0.25, 0.3) is 10.8 Å². The van der Waals surface area contributed by atoms with Gasteiger partial charge in [-0.3, -0.25) is 0 Å². The van der Waals surface area contributed by atoms with Crippen LogP contribution in [0.2, 0.25) is 0 Å². The minimum atomic E-state index is 0.609. The standard InChI is InChI=1S/C20H23N3O/c1-16(2)9-12-24-22-20(14-23-11-10-21-15-23)19-8-7-17-5-3-4-6-18(17)13-19/h3-8,10-11,13,15-16H,9,12,14H2,1-2H3/b22-20+. The number of aromatic nitrogens is 2. The molecule has 0 spiro atoms. The van der Waals surface area contributed by atoms with E-state index in [1.165, 1.54) is 10.8 Å². The third kappa shape index (κ3) is 4.22. The average molecular weight is 321 g/mol. The van der Waals surface area contributed by atoms with Crippen LogP contribution in [0, 0.1) is 5.92 Å². The highest BCUT2D eigenvalue weighted by Crippen LogP contribution is 2.17. The second-order valence-electron chi connectivity index (χ2n) is 6.35. The molecule has 0 atom stereocenters. The van der Waals surface area contributed by atoms with E-state index >= 15 is 0 Å². The highest BCUT2D eigenvalue weighted by atomic mass is 16.6. The van der Waals surface area contributed by atoms with Crippen molar-refractivity contribution >= 4 is 16.5 Å². The zero-order valence-electron chi connectivity index (χ0n) is 14.2. The molecule has 1 aromatic heterocycles. The first-order valence-corrected chi connectivity index (χ1v) is 8.36. The van der Waals surface area contributed by atoms with Crippen molar-refractivity contribution in [1.82, 2.24) is 9.55 Å². The zero-order valence-corrected chi connectivity index (χ0v) is 14.2. The molecule has 0 aliphatic rings. The summed E-state index contributed by atoms with van der Waals surface area (Å²) in [6.45, 7) is 5.64. The predicted octanol–water partition coefficient (Wildman–Crippen LogP) is 4.50. The number of nitrogens with zero attached hydrogens (tertiary/aromatic N) is 3. The molecule has 4 nitrogen and oxygen atoms in total. The van der Waals surface area contributed by atoms with Crippen LogP contribution in [0.4, 0.5) is 0 Å². The minimum absolute atomic E-state index is 0.609. The molecule has 3 aromatic rings. The van der Waals surface area contributed by atoms with Crippen LogP contribution in [0.15, 0.2) is 66.3 Å². The van der Waals surface area contributed by atoms with Crippen molar-refractivity contribution in [3.8, 4) is 0 Å². The monoisotopic (exact) mass is 321 g/mol. The molecular weight excluding hydrogens is 298 g/mol. The molecule has 3 rings (SSSR count). The first-order valence-electron chi connectivity index (χ1n) is 8.36. The molecule has 24 heavy (non-hydrogen) atoms. The summed E-state index contributed by atoms with van der Waals surface area (Å²) in [6, 6.07) is 14.7. The van der Waals surface area contributed by atoms with Crippen LogP contribution in [0.3, 0.4) is 0 Å². The van der Waals surface area contributed by atoms with Crippen LogP contribution < -0.4 is 0 Å². The van der Waals surface area contributed by atoms with E-state index in [1.807, 2.05) is 10.8 Å². The maximum atomic E-state index is 5.58. The SMILES string of the molecule is CC(C)CCO/N=C(\Cn1ccnc1)c1ccc2ccccc2c1. The summed E-state index contributed by atoms with van der Waals surface area (Å²) in [5.74, 6) is 0.609. The third-order valence-corrected chi connectivity index (χ3v) is 3.94. The van der Waals surface area contributed by atoms with Crippen molar-refractivity contribution in [2.45, 2.75) is 26.8 Å². The number of fused-ring (bicyclic) bond motifs is 1. The van der Waals surface area contributed by atoms with Gasteiger partial charge in [0, 0.05) is 18.0 Å². The van der Waals surface area contributed by atoms with Gasteiger partial charge in [-0.25, -0.2) is 4.98 Å². The Morgan fingerprint density at radius 3 is 2.75 bits per heavy atom. The lowest BCUT2D eigenvalue weighted by Crippen LogP contribution is -2.11. The largest absolute Gasteiger partial charge is 0.396 e. The van der Waals surface area contributed by atoms with Gasteiger partial charge in [-0.05, 0) is 29.2 Å². The summed E-state index contributed by atoms with van der Waals surface area (Å²) in [7, 11) is 0. The molecule has 0 saturated carbocycles. The van der Waals surface area contributed by atoms with E-state index in [1.54, 1.807) is 12.5 Å². The van der Waals surface area contributed by atoms with Crippen molar-refractivity contribution in [3.63, 3.8) is 0 Å². The summed E-state index contributed by atoms with van der Waals surface area (Å²) in [5, 5.41) is 6.85. The predicted molar refractivity (Wildman–Crippen MR) is 98.1 cm³/mol. The van der Waals surface area contributed by atoms with Crippen molar-refractivity contribution in [3.05, 3.63) is 66.7 Å². The molecule has 0 aliphatic carbocycles. The molecule has 2 aromatic carbocycles. The van der Waals surface area contributed by atoms with E-state index in [9.17, 15) is 0 Å². The first-order chi connectivity index (χ1) is 11.7. The molecule has 0 radical (unpaired) electrons. The minimum Gasteiger partial charge on any atom is -0.396 e. The van der Waals surface area contributed by atoms with Gasteiger partial charge in [0.25, 0.3) is 0 Å². The Bertz CT molecular complexity index is 807. The number of oxime groups is 1. The molecule has 0 amide bonds. The van der Waals surface area contributed by atoms with E-state index in [4.69, 9.17) is 4.84 Å². The van der Waals surface area contributed by atoms with Gasteiger partial charge in [-0.15, -0.1) is 0 Å². The van der Waals surface area contributed by atoms with Gasteiger partial charge < -0.3 is 9.40 Å². The average Bonchev–Trinajstić information content (AvgIpc) is 3.10. The van der Waals surface area contributed by atoms with Gasteiger partial charge in [0.05, 0.1) is 12.9 Å². The topological polar surface area (TPSA) is 39.4 Å². The molecule has 0 saturated heterocycles. The normalized spacial score (nSPS) is 12.0. The first kappa shape index (κ1) is 16.2. The van der Waals surface area contributed by atoms with E-state index < -0.39 is 0 Å². The molecule has 124 valence electrons. The summed E-state index contributed by atoms with van der Waals surface area (Å²) in [6.07, 6.45) is 6.51. The van der Waals surface area contributed by atoms with Crippen molar-refractivity contribution in [2.24, 2.45) is 11.1 Å². The fraction of sp³-hybridized carbons (Fsp3) is 0.300. The molecule has 1 heterocycles. The molecule has 0 unspecified atom stereocenters. The summed E-state index contributed by atoms with van der Waals surface area (Å²) in [5.41, 5.74) is 1.98. The maximum absolute atomic E-state index is 5.58. The van der Waals surface area contributed by atoms with Crippen LogP contribution in [-0.2, 0) is 11.4 Å². The second kappa shape index (κ2) is 7.77. The van der Waals surface area contributed by atoms with Gasteiger partial charge in [0.2, 0.25) is 0 Å². The summed E-state index contributed by atoms with van der Waals surface area (Å²) >= 11 is 0.